The summed E-state index contributed by atoms with van der Waals surface area (Å²) in [4.78, 5) is 10.4. The highest BCUT2D eigenvalue weighted by atomic mass is 32.2. The molecule has 1 aromatic rings. The van der Waals surface area contributed by atoms with E-state index in [1.807, 2.05) is 0 Å². The smallest absolute Gasteiger partial charge is 0.289 e. The van der Waals surface area contributed by atoms with Gasteiger partial charge in [-0.25, -0.2) is 8.42 Å². The summed E-state index contributed by atoms with van der Waals surface area (Å²) in [6.07, 6.45) is 1.89. The van der Waals surface area contributed by atoms with E-state index in [-0.39, 0.29) is 10.6 Å². The number of benzene rings is 1. The van der Waals surface area contributed by atoms with E-state index in [9.17, 15) is 18.5 Å². The Balaban J connectivity index is 2.08. The molecule has 2 fully saturated rings. The number of ether oxygens (including phenoxy) is 1. The van der Waals surface area contributed by atoms with Crippen LogP contribution in [0, 0.1) is 10.1 Å². The summed E-state index contributed by atoms with van der Waals surface area (Å²) in [6.45, 7) is 2.56. The maximum absolute atomic E-state index is 13.3. The van der Waals surface area contributed by atoms with Crippen LogP contribution < -0.4 is 5.32 Å². The minimum Gasteiger partial charge on any atom is -0.381 e. The molecule has 0 aromatic heterocycles. The van der Waals surface area contributed by atoms with Crippen molar-refractivity contribution < 1.29 is 18.1 Å². The fourth-order valence-corrected chi connectivity index (χ4v) is 5.57. The maximum atomic E-state index is 13.3. The van der Waals surface area contributed by atoms with Gasteiger partial charge in [0.25, 0.3) is 5.69 Å². The average Bonchev–Trinajstić information content (AvgIpc) is 2.78. The molecule has 9 heteroatoms. The molecule has 0 saturated carbocycles. The molecule has 8 nitrogen and oxygen atoms in total. The van der Waals surface area contributed by atoms with Gasteiger partial charge in [-0.15, -0.1) is 0 Å². The second kappa shape index (κ2) is 6.75. The van der Waals surface area contributed by atoms with Crippen molar-refractivity contribution in [3.8, 4) is 0 Å². The third-order valence-corrected chi connectivity index (χ3v) is 6.89. The van der Waals surface area contributed by atoms with Crippen LogP contribution in [0.1, 0.15) is 19.3 Å². The molecular weight excluding hydrogens is 334 g/mol. The molecular formula is C15H21N3O5S. The van der Waals surface area contributed by atoms with Crippen LogP contribution in [-0.4, -0.2) is 56.0 Å². The number of nitrogens with zero attached hydrogens (tertiary/aromatic N) is 2. The van der Waals surface area contributed by atoms with Crippen molar-refractivity contribution in [1.29, 1.82) is 0 Å². The SMILES string of the molecule is O=[N+]([O-])c1ccccc1S(=O)(=O)N1CCNCCC12CCOCC2. The summed E-state index contributed by atoms with van der Waals surface area (Å²) in [5.41, 5.74) is -0.915. The predicted octanol–water partition coefficient (Wildman–Crippen LogP) is 1.13. The predicted molar refractivity (Wildman–Crippen MR) is 87.3 cm³/mol. The first-order valence-electron chi connectivity index (χ1n) is 8.02. The quantitative estimate of drug-likeness (QED) is 0.644. The van der Waals surface area contributed by atoms with Gasteiger partial charge >= 0.3 is 0 Å². The van der Waals surface area contributed by atoms with Crippen LogP contribution in [0.3, 0.4) is 0 Å². The zero-order chi connectivity index (χ0) is 17.2. The largest absolute Gasteiger partial charge is 0.381 e. The van der Waals surface area contributed by atoms with Gasteiger partial charge in [0, 0.05) is 37.9 Å². The van der Waals surface area contributed by atoms with Gasteiger partial charge < -0.3 is 10.1 Å². The van der Waals surface area contributed by atoms with Crippen molar-refractivity contribution in [1.82, 2.24) is 9.62 Å². The molecule has 24 heavy (non-hydrogen) atoms. The molecule has 0 atom stereocenters. The molecule has 3 rings (SSSR count). The molecule has 0 unspecified atom stereocenters. The van der Waals surface area contributed by atoms with Crippen molar-refractivity contribution in [2.45, 2.75) is 29.7 Å². The van der Waals surface area contributed by atoms with Gasteiger partial charge in [0.05, 0.1) is 4.92 Å². The monoisotopic (exact) mass is 355 g/mol. The molecule has 2 aliphatic heterocycles. The standard InChI is InChI=1S/C15H21N3O5S/c19-18(20)13-3-1-2-4-14(13)24(21,22)17-10-9-16-8-5-15(17)6-11-23-12-7-15/h1-4,16H,5-12H2. The van der Waals surface area contributed by atoms with Gasteiger partial charge in [-0.1, -0.05) is 12.1 Å². The van der Waals surface area contributed by atoms with Gasteiger partial charge in [0.15, 0.2) is 4.90 Å². The number of nitrogens with one attached hydrogen (secondary N) is 1. The Labute approximate surface area is 141 Å². The van der Waals surface area contributed by atoms with Crippen LogP contribution in [0.4, 0.5) is 5.69 Å². The molecule has 0 radical (unpaired) electrons. The zero-order valence-electron chi connectivity index (χ0n) is 13.3. The first kappa shape index (κ1) is 17.3. The average molecular weight is 355 g/mol. The zero-order valence-corrected chi connectivity index (χ0v) is 14.1. The number of para-hydroxylation sites is 1. The minimum absolute atomic E-state index is 0.234. The number of hydrogen-bond acceptors (Lipinski definition) is 6. The molecule has 2 saturated heterocycles. The number of sulfonamides is 1. The molecule has 0 bridgehead atoms. The van der Waals surface area contributed by atoms with Crippen LogP contribution in [0.2, 0.25) is 0 Å². The van der Waals surface area contributed by atoms with Crippen molar-refractivity contribution in [2.75, 3.05) is 32.8 Å². The number of nitro groups is 1. The molecule has 0 aliphatic carbocycles. The third kappa shape index (κ3) is 3.04. The Bertz CT molecular complexity index is 716. The first-order chi connectivity index (χ1) is 11.5. The topological polar surface area (TPSA) is 102 Å². The Hall–Kier alpha value is -1.55. The minimum atomic E-state index is -3.97. The van der Waals surface area contributed by atoms with E-state index in [0.29, 0.717) is 45.6 Å². The van der Waals surface area contributed by atoms with Gasteiger partial charge in [0.2, 0.25) is 10.0 Å². The fourth-order valence-electron chi connectivity index (χ4n) is 3.56. The second-order valence-corrected chi connectivity index (χ2v) is 7.97. The van der Waals surface area contributed by atoms with Crippen molar-refractivity contribution in [3.63, 3.8) is 0 Å². The highest BCUT2D eigenvalue weighted by molar-refractivity contribution is 7.89. The molecule has 2 heterocycles. The lowest BCUT2D eigenvalue weighted by Gasteiger charge is -2.44. The molecule has 132 valence electrons. The van der Waals surface area contributed by atoms with E-state index in [0.717, 1.165) is 6.54 Å². The van der Waals surface area contributed by atoms with E-state index in [1.165, 1.54) is 28.6 Å². The van der Waals surface area contributed by atoms with Crippen LogP contribution in [0.5, 0.6) is 0 Å². The van der Waals surface area contributed by atoms with E-state index in [4.69, 9.17) is 4.74 Å². The van der Waals surface area contributed by atoms with Crippen molar-refractivity contribution in [2.24, 2.45) is 0 Å². The molecule has 2 aliphatic rings. The molecule has 1 aromatic carbocycles. The molecule has 0 amide bonds. The van der Waals surface area contributed by atoms with Gasteiger partial charge in [-0.05, 0) is 31.9 Å². The first-order valence-corrected chi connectivity index (χ1v) is 9.46. The maximum Gasteiger partial charge on any atom is 0.289 e. The third-order valence-electron chi connectivity index (χ3n) is 4.84. The molecule has 1 N–H and O–H groups in total. The van der Waals surface area contributed by atoms with E-state index in [1.54, 1.807) is 0 Å². The summed E-state index contributed by atoms with van der Waals surface area (Å²) in [6, 6.07) is 5.55. The van der Waals surface area contributed by atoms with Crippen LogP contribution in [0.25, 0.3) is 0 Å². The van der Waals surface area contributed by atoms with E-state index >= 15 is 0 Å². The molecule has 1 spiro atoms. The lowest BCUT2D eigenvalue weighted by Crippen LogP contribution is -2.54. The Morgan fingerprint density at radius 1 is 1.17 bits per heavy atom. The summed E-state index contributed by atoms with van der Waals surface area (Å²) in [7, 11) is -3.97. The highest BCUT2D eigenvalue weighted by Gasteiger charge is 2.46. The highest BCUT2D eigenvalue weighted by Crippen LogP contribution is 2.38. The van der Waals surface area contributed by atoms with Crippen LogP contribution in [0.15, 0.2) is 29.2 Å². The van der Waals surface area contributed by atoms with E-state index in [2.05, 4.69) is 5.32 Å². The summed E-state index contributed by atoms with van der Waals surface area (Å²) < 4.78 is 33.5. The normalized spacial score (nSPS) is 22.2. The van der Waals surface area contributed by atoms with Crippen LogP contribution >= 0.6 is 0 Å². The Morgan fingerprint density at radius 2 is 1.88 bits per heavy atom. The fraction of sp³-hybridized carbons (Fsp3) is 0.600. The van der Waals surface area contributed by atoms with Crippen molar-refractivity contribution in [3.05, 3.63) is 34.4 Å². The van der Waals surface area contributed by atoms with Crippen LogP contribution in [-0.2, 0) is 14.8 Å². The van der Waals surface area contributed by atoms with E-state index < -0.39 is 20.5 Å². The lowest BCUT2D eigenvalue weighted by molar-refractivity contribution is -0.387. The Kier molecular flexibility index (Phi) is 4.86. The van der Waals surface area contributed by atoms with Crippen molar-refractivity contribution >= 4 is 15.7 Å². The van der Waals surface area contributed by atoms with Gasteiger partial charge in [-0.3, -0.25) is 10.1 Å². The second-order valence-electron chi connectivity index (χ2n) is 6.14. The summed E-state index contributed by atoms with van der Waals surface area (Å²) >= 11 is 0. The van der Waals surface area contributed by atoms with Gasteiger partial charge in [0.1, 0.15) is 0 Å². The van der Waals surface area contributed by atoms with Gasteiger partial charge in [-0.2, -0.15) is 4.31 Å². The number of nitro benzene ring substituents is 1. The summed E-state index contributed by atoms with van der Waals surface area (Å²) in [5.74, 6) is 0. The lowest BCUT2D eigenvalue weighted by atomic mass is 9.87. The summed E-state index contributed by atoms with van der Waals surface area (Å²) in [5, 5.41) is 14.5. The number of rotatable bonds is 3. The Morgan fingerprint density at radius 3 is 2.58 bits per heavy atom. The number of hydrogen-bond donors (Lipinski definition) is 1.